The summed E-state index contributed by atoms with van der Waals surface area (Å²) in [5, 5.41) is 4.11. The van der Waals surface area contributed by atoms with Gasteiger partial charge in [-0.3, -0.25) is 13.9 Å². The summed E-state index contributed by atoms with van der Waals surface area (Å²) in [6, 6.07) is 18.2. The first-order valence-electron chi connectivity index (χ1n) is 14.2. The van der Waals surface area contributed by atoms with Crippen LogP contribution in [-0.2, 0) is 32.6 Å². The summed E-state index contributed by atoms with van der Waals surface area (Å²) in [7, 11) is -2.23. The van der Waals surface area contributed by atoms with Crippen LogP contribution in [0.2, 0.25) is 15.1 Å². The van der Waals surface area contributed by atoms with E-state index in [0.717, 1.165) is 18.2 Å². The quantitative estimate of drug-likeness (QED) is 0.191. The molecular formula is C32H38Cl3N3O5S. The Morgan fingerprint density at radius 2 is 1.68 bits per heavy atom. The molecule has 1 N–H and O–H groups in total. The average Bonchev–Trinajstić information content (AvgIpc) is 2.97. The monoisotopic (exact) mass is 681 g/mol. The Morgan fingerprint density at radius 1 is 0.977 bits per heavy atom. The maximum atomic E-state index is 14.0. The van der Waals surface area contributed by atoms with Gasteiger partial charge in [0.2, 0.25) is 21.8 Å². The highest BCUT2D eigenvalue weighted by molar-refractivity contribution is 7.92. The number of nitrogens with one attached hydrogen (secondary N) is 1. The molecule has 0 saturated carbocycles. The maximum absolute atomic E-state index is 14.0. The second kappa shape index (κ2) is 16.4. The van der Waals surface area contributed by atoms with E-state index in [2.05, 4.69) is 5.32 Å². The van der Waals surface area contributed by atoms with Crippen LogP contribution in [0.4, 0.5) is 5.69 Å². The van der Waals surface area contributed by atoms with E-state index < -0.39 is 16.1 Å². The van der Waals surface area contributed by atoms with Crippen LogP contribution in [0.15, 0.2) is 66.7 Å². The van der Waals surface area contributed by atoms with E-state index in [-0.39, 0.29) is 55.2 Å². The number of methoxy groups -OCH3 is 1. The molecule has 0 aromatic heterocycles. The largest absolute Gasteiger partial charge is 0.495 e. The zero-order valence-electron chi connectivity index (χ0n) is 25.2. The zero-order chi connectivity index (χ0) is 32.4. The molecule has 3 aromatic rings. The predicted octanol–water partition coefficient (Wildman–Crippen LogP) is 6.76. The fourth-order valence-electron chi connectivity index (χ4n) is 4.64. The lowest BCUT2D eigenvalue weighted by Crippen LogP contribution is -2.52. The number of hydrogen-bond donors (Lipinski definition) is 1. The number of halogens is 3. The van der Waals surface area contributed by atoms with Crippen molar-refractivity contribution in [3.63, 3.8) is 0 Å². The van der Waals surface area contributed by atoms with Crippen LogP contribution in [-0.4, -0.2) is 57.1 Å². The van der Waals surface area contributed by atoms with Gasteiger partial charge in [-0.2, -0.15) is 0 Å². The zero-order valence-corrected chi connectivity index (χ0v) is 28.3. The first-order valence-corrected chi connectivity index (χ1v) is 17.2. The lowest BCUT2D eigenvalue weighted by molar-refractivity contribution is -0.141. The number of carbonyl (C=O) groups excluding carboxylic acids is 2. The minimum Gasteiger partial charge on any atom is -0.495 e. The summed E-state index contributed by atoms with van der Waals surface area (Å²) in [5.74, 6) is -0.194. The molecule has 0 unspecified atom stereocenters. The molecule has 0 aliphatic carbocycles. The molecule has 0 spiro atoms. The molecule has 0 fully saturated rings. The van der Waals surface area contributed by atoms with Crippen molar-refractivity contribution in [3.8, 4) is 5.75 Å². The van der Waals surface area contributed by atoms with Gasteiger partial charge < -0.3 is 15.0 Å². The van der Waals surface area contributed by atoms with Crippen molar-refractivity contribution >= 4 is 62.3 Å². The Kier molecular flexibility index (Phi) is 13.2. The molecule has 2 amide bonds. The highest BCUT2D eigenvalue weighted by Crippen LogP contribution is 2.31. The molecule has 3 rings (SSSR count). The van der Waals surface area contributed by atoms with Crippen LogP contribution < -0.4 is 14.4 Å². The summed E-state index contributed by atoms with van der Waals surface area (Å²) >= 11 is 18.9. The van der Waals surface area contributed by atoms with Gasteiger partial charge in [0.25, 0.3) is 0 Å². The minimum absolute atomic E-state index is 0.0190. The van der Waals surface area contributed by atoms with E-state index in [9.17, 15) is 18.0 Å². The molecule has 12 heteroatoms. The molecule has 2 atom stereocenters. The van der Waals surface area contributed by atoms with E-state index >= 15 is 0 Å². The van der Waals surface area contributed by atoms with Crippen LogP contribution in [0, 0.1) is 0 Å². The predicted molar refractivity (Wildman–Crippen MR) is 178 cm³/mol. The number of amides is 2. The first kappa shape index (κ1) is 35.5. The van der Waals surface area contributed by atoms with E-state index in [4.69, 9.17) is 39.5 Å². The lowest BCUT2D eigenvalue weighted by atomic mass is 10.0. The normalized spacial score (nSPS) is 12.7. The van der Waals surface area contributed by atoms with Gasteiger partial charge in [-0.1, -0.05) is 78.1 Å². The number of carbonyl (C=O) groups is 2. The second-order valence-electron chi connectivity index (χ2n) is 10.5. The van der Waals surface area contributed by atoms with Gasteiger partial charge in [-0.15, -0.1) is 0 Å². The molecule has 0 heterocycles. The summed E-state index contributed by atoms with van der Waals surface area (Å²) in [5.41, 5.74) is 1.87. The minimum atomic E-state index is -3.70. The summed E-state index contributed by atoms with van der Waals surface area (Å²) in [4.78, 5) is 29.2. The fourth-order valence-corrected chi connectivity index (χ4v) is 6.32. The summed E-state index contributed by atoms with van der Waals surface area (Å²) in [6.07, 6.45) is 2.25. The highest BCUT2D eigenvalue weighted by Gasteiger charge is 2.31. The first-order chi connectivity index (χ1) is 20.8. The van der Waals surface area contributed by atoms with Crippen LogP contribution in [0.3, 0.4) is 0 Å². The van der Waals surface area contributed by atoms with Crippen molar-refractivity contribution < 1.29 is 22.7 Å². The SMILES string of the molecule is CC[C@@H](C)NC(=O)[C@H](Cc1ccccc1)N(Cc1ccc(Cl)cc1Cl)C(=O)CCCN(c1ccc(OC)c(Cl)c1)S(C)(=O)=O. The molecule has 0 aliphatic heterocycles. The Balaban J connectivity index is 1.92. The summed E-state index contributed by atoms with van der Waals surface area (Å²) in [6.45, 7) is 3.96. The average molecular weight is 683 g/mol. The standard InChI is InChI=1S/C32H38Cl3N3O5S/c1-5-22(2)36-32(40)29(18-23-10-7-6-8-11-23)37(21-24-13-14-25(33)19-27(24)34)31(39)12-9-17-38(44(4,41)42)26-15-16-30(43-3)28(35)20-26/h6-8,10-11,13-16,19-20,22,29H,5,9,12,17-18,21H2,1-4H3,(H,36,40)/t22-,29+/m1/s1. The van der Waals surface area contributed by atoms with Crippen LogP contribution >= 0.6 is 34.8 Å². The van der Waals surface area contributed by atoms with Crippen molar-refractivity contribution in [1.29, 1.82) is 0 Å². The van der Waals surface area contributed by atoms with Crippen molar-refractivity contribution in [2.45, 2.75) is 58.2 Å². The topological polar surface area (TPSA) is 96.0 Å². The van der Waals surface area contributed by atoms with E-state index in [1.807, 2.05) is 44.2 Å². The van der Waals surface area contributed by atoms with E-state index in [1.54, 1.807) is 30.3 Å². The van der Waals surface area contributed by atoms with Crippen molar-refractivity contribution in [1.82, 2.24) is 10.2 Å². The van der Waals surface area contributed by atoms with Gasteiger partial charge in [0.1, 0.15) is 11.8 Å². The maximum Gasteiger partial charge on any atom is 0.243 e. The smallest absolute Gasteiger partial charge is 0.243 e. The third-order valence-electron chi connectivity index (χ3n) is 7.20. The van der Waals surface area contributed by atoms with Gasteiger partial charge in [-0.25, -0.2) is 8.42 Å². The van der Waals surface area contributed by atoms with Crippen LogP contribution in [0.25, 0.3) is 0 Å². The highest BCUT2D eigenvalue weighted by atomic mass is 35.5. The molecule has 3 aromatic carbocycles. The molecule has 8 nitrogen and oxygen atoms in total. The van der Waals surface area contributed by atoms with Crippen molar-refractivity contribution in [3.05, 3.63) is 92.9 Å². The molecule has 0 bridgehead atoms. The number of anilines is 1. The molecule has 0 radical (unpaired) electrons. The Hall–Kier alpha value is -2.98. The molecule has 238 valence electrons. The second-order valence-corrected chi connectivity index (χ2v) is 13.7. The number of hydrogen-bond acceptors (Lipinski definition) is 5. The number of benzene rings is 3. The molecule has 0 saturated heterocycles. The number of nitrogens with zero attached hydrogens (tertiary/aromatic N) is 2. The van der Waals surface area contributed by atoms with Gasteiger partial charge in [0, 0.05) is 42.0 Å². The molecule has 0 aliphatic rings. The van der Waals surface area contributed by atoms with Crippen molar-refractivity contribution in [2.75, 3.05) is 24.2 Å². The Labute approximate surface area is 275 Å². The molecule has 44 heavy (non-hydrogen) atoms. The number of ether oxygens (including phenoxy) is 1. The molecular weight excluding hydrogens is 645 g/mol. The lowest BCUT2D eigenvalue weighted by Gasteiger charge is -2.33. The number of sulfonamides is 1. The van der Waals surface area contributed by atoms with Crippen LogP contribution in [0.1, 0.15) is 44.2 Å². The summed E-state index contributed by atoms with van der Waals surface area (Å²) < 4.78 is 31.8. The third kappa shape index (κ3) is 10.0. The third-order valence-corrected chi connectivity index (χ3v) is 9.28. The Bertz CT molecular complexity index is 1540. The fraction of sp³-hybridized carbons (Fsp3) is 0.375. The van der Waals surface area contributed by atoms with Gasteiger partial charge >= 0.3 is 0 Å². The Morgan fingerprint density at radius 3 is 2.27 bits per heavy atom. The van der Waals surface area contributed by atoms with E-state index in [1.165, 1.54) is 22.4 Å². The van der Waals surface area contributed by atoms with Gasteiger partial charge in [0.15, 0.2) is 0 Å². The van der Waals surface area contributed by atoms with Crippen molar-refractivity contribution in [2.24, 2.45) is 0 Å². The number of rotatable bonds is 15. The van der Waals surface area contributed by atoms with Crippen LogP contribution in [0.5, 0.6) is 5.75 Å². The van der Waals surface area contributed by atoms with Gasteiger partial charge in [0.05, 0.1) is 24.1 Å². The van der Waals surface area contributed by atoms with Gasteiger partial charge in [-0.05, 0) is 61.2 Å². The van der Waals surface area contributed by atoms with E-state index in [0.29, 0.717) is 27.0 Å².